The average Bonchev–Trinajstić information content (AvgIpc) is 2.57. The van der Waals surface area contributed by atoms with Gasteiger partial charge in [-0.25, -0.2) is 4.98 Å². The van der Waals surface area contributed by atoms with E-state index in [1.54, 1.807) is 18.2 Å². The summed E-state index contributed by atoms with van der Waals surface area (Å²) in [5, 5.41) is 3.87. The first-order chi connectivity index (χ1) is 11.5. The van der Waals surface area contributed by atoms with Crippen molar-refractivity contribution in [3.05, 3.63) is 52.3 Å². The molecule has 1 aliphatic heterocycles. The highest BCUT2D eigenvalue weighted by molar-refractivity contribution is 6.31. The molecule has 5 nitrogen and oxygen atoms in total. The molecule has 126 valence electrons. The Bertz CT molecular complexity index is 728. The normalized spacial score (nSPS) is 15.4. The van der Waals surface area contributed by atoms with Gasteiger partial charge >= 0.3 is 0 Å². The van der Waals surface area contributed by atoms with E-state index in [1.807, 2.05) is 12.1 Å². The summed E-state index contributed by atoms with van der Waals surface area (Å²) in [6.07, 6.45) is 1.46. The number of hydrogen-bond acceptors (Lipinski definition) is 4. The zero-order valence-electron chi connectivity index (χ0n) is 13.3. The van der Waals surface area contributed by atoms with Crippen LogP contribution in [0.15, 0.2) is 36.5 Å². The fourth-order valence-electron chi connectivity index (χ4n) is 2.64. The van der Waals surface area contributed by atoms with Crippen molar-refractivity contribution in [2.75, 3.05) is 43.4 Å². The van der Waals surface area contributed by atoms with Crippen LogP contribution in [0.25, 0.3) is 0 Å². The maximum atomic E-state index is 12.5. The minimum absolute atomic E-state index is 0.239. The van der Waals surface area contributed by atoms with Crippen molar-refractivity contribution in [3.63, 3.8) is 0 Å². The molecule has 0 radical (unpaired) electrons. The van der Waals surface area contributed by atoms with E-state index in [0.29, 0.717) is 21.4 Å². The van der Waals surface area contributed by atoms with Crippen LogP contribution in [0, 0.1) is 0 Å². The topological polar surface area (TPSA) is 48.5 Å². The van der Waals surface area contributed by atoms with Gasteiger partial charge in [-0.05, 0) is 37.4 Å². The minimum atomic E-state index is -0.239. The lowest BCUT2D eigenvalue weighted by molar-refractivity contribution is 0.102. The molecule has 1 saturated heterocycles. The van der Waals surface area contributed by atoms with E-state index in [-0.39, 0.29) is 5.91 Å². The molecule has 0 aliphatic carbocycles. The molecule has 1 aromatic carbocycles. The number of piperazine rings is 1. The first-order valence-electron chi connectivity index (χ1n) is 7.69. The molecule has 1 aromatic heterocycles. The van der Waals surface area contributed by atoms with Gasteiger partial charge in [-0.2, -0.15) is 0 Å². The third-order valence-corrected chi connectivity index (χ3v) is 4.50. The third kappa shape index (κ3) is 3.98. The third-order valence-electron chi connectivity index (χ3n) is 4.04. The maximum absolute atomic E-state index is 12.5. The second kappa shape index (κ2) is 7.38. The van der Waals surface area contributed by atoms with E-state index < -0.39 is 0 Å². The van der Waals surface area contributed by atoms with Crippen molar-refractivity contribution in [2.24, 2.45) is 0 Å². The smallest absolute Gasteiger partial charge is 0.257 e. The highest BCUT2D eigenvalue weighted by Crippen LogP contribution is 2.30. The van der Waals surface area contributed by atoms with E-state index in [1.165, 1.54) is 6.20 Å². The van der Waals surface area contributed by atoms with Gasteiger partial charge in [0.2, 0.25) is 0 Å². The molecule has 0 bridgehead atoms. The number of nitrogens with zero attached hydrogens (tertiary/aromatic N) is 3. The molecule has 0 saturated carbocycles. The number of anilines is 2. The predicted octanol–water partition coefficient (Wildman–Crippen LogP) is 3.39. The molecular formula is C17H18Cl2N4O. The molecule has 0 unspecified atom stereocenters. The Morgan fingerprint density at radius 1 is 1.12 bits per heavy atom. The lowest BCUT2D eigenvalue weighted by Gasteiger charge is -2.35. The molecular weight excluding hydrogens is 347 g/mol. The summed E-state index contributed by atoms with van der Waals surface area (Å²) in [4.78, 5) is 20.9. The summed E-state index contributed by atoms with van der Waals surface area (Å²) < 4.78 is 0. The molecule has 3 rings (SSSR count). The van der Waals surface area contributed by atoms with Crippen molar-refractivity contribution in [2.45, 2.75) is 0 Å². The molecule has 0 spiro atoms. The maximum Gasteiger partial charge on any atom is 0.257 e. The second-order valence-electron chi connectivity index (χ2n) is 5.78. The van der Waals surface area contributed by atoms with E-state index in [0.717, 1.165) is 31.9 Å². The Morgan fingerprint density at radius 2 is 1.88 bits per heavy atom. The highest BCUT2D eigenvalue weighted by Gasteiger charge is 2.18. The summed E-state index contributed by atoms with van der Waals surface area (Å²) in [5.41, 5.74) is 2.12. The van der Waals surface area contributed by atoms with E-state index in [9.17, 15) is 4.79 Å². The van der Waals surface area contributed by atoms with Gasteiger partial charge in [0.15, 0.2) is 0 Å². The predicted molar refractivity (Wildman–Crippen MR) is 98.4 cm³/mol. The van der Waals surface area contributed by atoms with Crippen LogP contribution in [0.4, 0.5) is 11.4 Å². The van der Waals surface area contributed by atoms with Crippen LogP contribution < -0.4 is 10.2 Å². The number of benzene rings is 1. The standard InChI is InChI=1S/C17H18Cl2N4O/c1-22-6-8-23(9-7-22)15-4-3-13(18)10-14(15)21-17(24)12-2-5-16(19)20-11-12/h2-5,10-11H,6-9H2,1H3,(H,21,24). The Labute approximate surface area is 151 Å². The van der Waals surface area contributed by atoms with Crippen LogP contribution in [-0.4, -0.2) is 49.0 Å². The van der Waals surface area contributed by atoms with E-state index in [2.05, 4.69) is 27.1 Å². The van der Waals surface area contributed by atoms with E-state index in [4.69, 9.17) is 23.2 Å². The van der Waals surface area contributed by atoms with Gasteiger partial charge in [-0.15, -0.1) is 0 Å². The first kappa shape index (κ1) is 17.0. The van der Waals surface area contributed by atoms with Gasteiger partial charge in [0.05, 0.1) is 16.9 Å². The summed E-state index contributed by atoms with van der Waals surface area (Å²) in [5.74, 6) is -0.239. The summed E-state index contributed by atoms with van der Waals surface area (Å²) in [6, 6.07) is 8.80. The molecule has 1 amide bonds. The van der Waals surface area contributed by atoms with Gasteiger partial charge in [0.1, 0.15) is 5.15 Å². The van der Waals surface area contributed by atoms with Crippen molar-refractivity contribution >= 4 is 40.5 Å². The number of hydrogen-bond donors (Lipinski definition) is 1. The Morgan fingerprint density at radius 3 is 2.54 bits per heavy atom. The summed E-state index contributed by atoms with van der Waals surface area (Å²) in [7, 11) is 2.11. The van der Waals surface area contributed by atoms with Crippen molar-refractivity contribution in [1.82, 2.24) is 9.88 Å². The Kier molecular flexibility index (Phi) is 5.23. The van der Waals surface area contributed by atoms with E-state index >= 15 is 0 Å². The van der Waals surface area contributed by atoms with Crippen LogP contribution in [0.2, 0.25) is 10.2 Å². The van der Waals surface area contributed by atoms with Crippen LogP contribution in [-0.2, 0) is 0 Å². The molecule has 1 N–H and O–H groups in total. The number of amides is 1. The number of aromatic nitrogens is 1. The molecule has 1 fully saturated rings. The van der Waals surface area contributed by atoms with Crippen LogP contribution in [0.3, 0.4) is 0 Å². The quantitative estimate of drug-likeness (QED) is 0.848. The largest absolute Gasteiger partial charge is 0.367 e. The monoisotopic (exact) mass is 364 g/mol. The van der Waals surface area contributed by atoms with Gasteiger partial charge in [-0.3, -0.25) is 4.79 Å². The molecule has 1 aliphatic rings. The molecule has 2 aromatic rings. The number of rotatable bonds is 3. The number of carbonyl (C=O) groups is 1. The lowest BCUT2D eigenvalue weighted by atomic mass is 10.2. The second-order valence-corrected chi connectivity index (χ2v) is 6.60. The minimum Gasteiger partial charge on any atom is -0.367 e. The average molecular weight is 365 g/mol. The van der Waals surface area contributed by atoms with Crippen molar-refractivity contribution < 1.29 is 4.79 Å². The molecule has 7 heteroatoms. The number of carbonyl (C=O) groups excluding carboxylic acids is 1. The fraction of sp³-hybridized carbons (Fsp3) is 0.294. The molecule has 24 heavy (non-hydrogen) atoms. The molecule has 0 atom stereocenters. The molecule has 2 heterocycles. The van der Waals surface area contributed by atoms with Crippen LogP contribution >= 0.6 is 23.2 Å². The van der Waals surface area contributed by atoms with Gasteiger partial charge in [-0.1, -0.05) is 23.2 Å². The summed E-state index contributed by atoms with van der Waals surface area (Å²) >= 11 is 11.9. The lowest BCUT2D eigenvalue weighted by Crippen LogP contribution is -2.44. The van der Waals surface area contributed by atoms with Crippen molar-refractivity contribution in [1.29, 1.82) is 0 Å². The fourth-order valence-corrected chi connectivity index (χ4v) is 2.92. The summed E-state index contributed by atoms with van der Waals surface area (Å²) in [6.45, 7) is 3.78. The SMILES string of the molecule is CN1CCN(c2ccc(Cl)cc2NC(=O)c2ccc(Cl)nc2)CC1. The Hall–Kier alpha value is -1.82. The van der Waals surface area contributed by atoms with Gasteiger partial charge < -0.3 is 15.1 Å². The van der Waals surface area contributed by atoms with Crippen LogP contribution in [0.5, 0.6) is 0 Å². The highest BCUT2D eigenvalue weighted by atomic mass is 35.5. The number of likely N-dealkylation sites (N-methyl/N-ethyl adjacent to an activating group) is 1. The number of pyridine rings is 1. The number of halogens is 2. The zero-order chi connectivity index (χ0) is 17.1. The number of nitrogens with one attached hydrogen (secondary N) is 1. The van der Waals surface area contributed by atoms with Crippen LogP contribution in [0.1, 0.15) is 10.4 Å². The Balaban J connectivity index is 1.82. The van der Waals surface area contributed by atoms with Gasteiger partial charge in [0.25, 0.3) is 5.91 Å². The first-order valence-corrected chi connectivity index (χ1v) is 8.44. The van der Waals surface area contributed by atoms with Gasteiger partial charge in [0, 0.05) is 37.4 Å². The van der Waals surface area contributed by atoms with Crippen molar-refractivity contribution in [3.8, 4) is 0 Å². The zero-order valence-corrected chi connectivity index (χ0v) is 14.8.